The molecule has 0 aromatic heterocycles. The molecule has 1 atom stereocenters. The molecule has 1 unspecified atom stereocenters. The summed E-state index contributed by atoms with van der Waals surface area (Å²) in [5.41, 5.74) is 0. The van der Waals surface area contributed by atoms with Crippen LogP contribution < -0.4 is 0 Å². The highest BCUT2D eigenvalue weighted by Gasteiger charge is 1.90. The average Bonchev–Trinajstić information content (AvgIpc) is 1.35. The van der Waals surface area contributed by atoms with E-state index in [0.29, 0.717) is 5.75 Å². The predicted molar refractivity (Wildman–Crippen MR) is 29.1 cm³/mol. The Balaban J connectivity index is 2.81. The van der Waals surface area contributed by atoms with Gasteiger partial charge in [0.25, 0.3) is 0 Å². The third-order valence-electron chi connectivity index (χ3n) is 0.249. The van der Waals surface area contributed by atoms with Crippen LogP contribution in [-0.2, 0) is 10.4 Å². The van der Waals surface area contributed by atoms with Gasteiger partial charge in [-0.15, -0.1) is 0 Å². The standard InChI is InChI=1S/C3H5ClOS/c1-2-3-6(4)5/h2H,1,3H2. The summed E-state index contributed by atoms with van der Waals surface area (Å²) < 4.78 is 9.85. The first-order valence-corrected chi connectivity index (χ1v) is 3.57. The SMILES string of the molecule is C=CC[S+]([O-])Cl. The lowest BCUT2D eigenvalue weighted by atomic mass is 10.8. The van der Waals surface area contributed by atoms with E-state index in [4.69, 9.17) is 10.7 Å². The van der Waals surface area contributed by atoms with E-state index in [1.807, 2.05) is 0 Å². The van der Waals surface area contributed by atoms with Gasteiger partial charge in [0.2, 0.25) is 0 Å². The maximum absolute atomic E-state index is 9.85. The van der Waals surface area contributed by atoms with E-state index in [1.165, 1.54) is 6.08 Å². The Morgan fingerprint density at radius 1 is 2.00 bits per heavy atom. The molecule has 0 aromatic rings. The van der Waals surface area contributed by atoms with Gasteiger partial charge in [-0.2, -0.15) is 0 Å². The van der Waals surface area contributed by atoms with Gasteiger partial charge in [-0.25, -0.2) is 0 Å². The molecule has 0 saturated heterocycles. The molecule has 0 rings (SSSR count). The average molecular weight is 125 g/mol. The van der Waals surface area contributed by atoms with Gasteiger partial charge in [0.05, 0.1) is 10.4 Å². The second-order valence-electron chi connectivity index (χ2n) is 0.745. The molecule has 3 heteroatoms. The molecule has 36 valence electrons. The van der Waals surface area contributed by atoms with Crippen molar-refractivity contribution in [1.82, 2.24) is 0 Å². The van der Waals surface area contributed by atoms with E-state index in [2.05, 4.69) is 6.58 Å². The first kappa shape index (κ1) is 6.34. The Morgan fingerprint density at radius 2 is 2.50 bits per heavy atom. The van der Waals surface area contributed by atoms with Crippen LogP contribution in [0, 0.1) is 0 Å². The van der Waals surface area contributed by atoms with Crippen molar-refractivity contribution in [2.24, 2.45) is 0 Å². The van der Waals surface area contributed by atoms with Gasteiger partial charge in [0.1, 0.15) is 5.75 Å². The molecule has 1 nitrogen and oxygen atoms in total. The molecule has 0 spiro atoms. The lowest BCUT2D eigenvalue weighted by Crippen LogP contribution is -1.90. The highest BCUT2D eigenvalue weighted by atomic mass is 35.7. The fourth-order valence-corrected chi connectivity index (χ4v) is 0.545. The fraction of sp³-hybridized carbons (Fsp3) is 0.333. The van der Waals surface area contributed by atoms with E-state index in [-0.39, 0.29) is 0 Å². The van der Waals surface area contributed by atoms with Crippen LogP contribution >= 0.6 is 10.7 Å². The molecular weight excluding hydrogens is 120 g/mol. The molecule has 0 saturated carbocycles. The van der Waals surface area contributed by atoms with E-state index in [9.17, 15) is 4.55 Å². The molecule has 6 heavy (non-hydrogen) atoms. The van der Waals surface area contributed by atoms with Crippen molar-refractivity contribution < 1.29 is 4.55 Å². The minimum atomic E-state index is -1.21. The Bertz CT molecular complexity index is 46.1. The van der Waals surface area contributed by atoms with Gasteiger partial charge in [0.15, 0.2) is 10.7 Å². The Kier molecular flexibility index (Phi) is 3.73. The summed E-state index contributed by atoms with van der Waals surface area (Å²) in [6.07, 6.45) is 1.52. The number of rotatable bonds is 2. The second-order valence-corrected chi connectivity index (χ2v) is 2.69. The van der Waals surface area contributed by atoms with Gasteiger partial charge in [-0.3, -0.25) is 0 Å². The molecule has 0 aromatic carbocycles. The Hall–Kier alpha value is 0.340. The number of hydrogen-bond acceptors (Lipinski definition) is 1. The van der Waals surface area contributed by atoms with Crippen molar-refractivity contribution >= 4 is 21.1 Å². The second kappa shape index (κ2) is 3.53. The Morgan fingerprint density at radius 3 is 2.50 bits per heavy atom. The lowest BCUT2D eigenvalue weighted by molar-refractivity contribution is 0.611. The van der Waals surface area contributed by atoms with Crippen LogP contribution in [0.2, 0.25) is 0 Å². The van der Waals surface area contributed by atoms with Crippen molar-refractivity contribution in [3.63, 3.8) is 0 Å². The minimum absolute atomic E-state index is 0.377. The number of halogens is 1. The topological polar surface area (TPSA) is 23.1 Å². The van der Waals surface area contributed by atoms with Crippen molar-refractivity contribution in [2.45, 2.75) is 0 Å². The highest BCUT2D eigenvalue weighted by Crippen LogP contribution is 1.93. The first-order valence-electron chi connectivity index (χ1n) is 1.43. The van der Waals surface area contributed by atoms with Crippen LogP contribution in [-0.4, -0.2) is 10.3 Å². The molecule has 0 bridgehead atoms. The summed E-state index contributed by atoms with van der Waals surface area (Å²) in [4.78, 5) is 0. The van der Waals surface area contributed by atoms with Crippen molar-refractivity contribution in [3.05, 3.63) is 12.7 Å². The van der Waals surface area contributed by atoms with Gasteiger partial charge < -0.3 is 4.55 Å². The van der Waals surface area contributed by atoms with E-state index in [0.717, 1.165) is 0 Å². The maximum Gasteiger partial charge on any atom is 0.174 e. The normalized spacial score (nSPS) is 13.7. The third-order valence-corrected chi connectivity index (χ3v) is 1.12. The van der Waals surface area contributed by atoms with E-state index < -0.39 is 10.4 Å². The van der Waals surface area contributed by atoms with Gasteiger partial charge in [-0.1, -0.05) is 6.58 Å². The smallest absolute Gasteiger partial charge is 0.174 e. The van der Waals surface area contributed by atoms with Crippen LogP contribution in [0.5, 0.6) is 0 Å². The molecule has 0 aliphatic heterocycles. The zero-order valence-corrected chi connectivity index (χ0v) is 4.76. The van der Waals surface area contributed by atoms with Crippen LogP contribution in [0.3, 0.4) is 0 Å². The maximum atomic E-state index is 9.85. The highest BCUT2D eigenvalue weighted by molar-refractivity contribution is 8.13. The molecular formula is C3H5ClOS. The molecule has 0 amide bonds. The summed E-state index contributed by atoms with van der Waals surface area (Å²) in [5, 5.41) is 0. The fourth-order valence-electron chi connectivity index (χ4n) is 0.0927. The van der Waals surface area contributed by atoms with Crippen LogP contribution in [0.4, 0.5) is 0 Å². The summed E-state index contributed by atoms with van der Waals surface area (Å²) in [7, 11) is 3.77. The van der Waals surface area contributed by atoms with Crippen molar-refractivity contribution in [3.8, 4) is 0 Å². The van der Waals surface area contributed by atoms with Gasteiger partial charge >= 0.3 is 0 Å². The zero-order chi connectivity index (χ0) is 4.99. The van der Waals surface area contributed by atoms with Crippen LogP contribution in [0.15, 0.2) is 12.7 Å². The van der Waals surface area contributed by atoms with Crippen LogP contribution in [0.1, 0.15) is 0 Å². The van der Waals surface area contributed by atoms with Crippen molar-refractivity contribution in [2.75, 3.05) is 5.75 Å². The van der Waals surface area contributed by atoms with Crippen molar-refractivity contribution in [1.29, 1.82) is 0 Å². The summed E-state index contributed by atoms with van der Waals surface area (Å²) in [5.74, 6) is 0.377. The third kappa shape index (κ3) is 4.34. The lowest BCUT2D eigenvalue weighted by Gasteiger charge is -1.90. The van der Waals surface area contributed by atoms with Crippen LogP contribution in [0.25, 0.3) is 0 Å². The summed E-state index contributed by atoms with van der Waals surface area (Å²) in [6, 6.07) is 0. The molecule has 0 N–H and O–H groups in total. The molecule has 0 fully saturated rings. The Labute approximate surface area is 44.7 Å². The first-order chi connectivity index (χ1) is 2.77. The minimum Gasteiger partial charge on any atom is -0.599 e. The quantitative estimate of drug-likeness (QED) is 0.399. The van der Waals surface area contributed by atoms with E-state index in [1.54, 1.807) is 0 Å². The summed E-state index contributed by atoms with van der Waals surface area (Å²) in [6.45, 7) is 3.32. The summed E-state index contributed by atoms with van der Waals surface area (Å²) >= 11 is 0. The molecule has 0 aliphatic carbocycles. The number of hydrogen-bond donors (Lipinski definition) is 0. The predicted octanol–water partition coefficient (Wildman–Crippen LogP) is 1.07. The molecule has 0 heterocycles. The van der Waals surface area contributed by atoms with Gasteiger partial charge in [-0.05, 0) is 6.08 Å². The van der Waals surface area contributed by atoms with Gasteiger partial charge in [0, 0.05) is 0 Å². The molecule has 0 radical (unpaired) electrons. The monoisotopic (exact) mass is 124 g/mol. The van der Waals surface area contributed by atoms with E-state index >= 15 is 0 Å². The largest absolute Gasteiger partial charge is 0.599 e. The zero-order valence-electron chi connectivity index (χ0n) is 3.19. The molecule has 0 aliphatic rings.